The molecule has 1 aliphatic heterocycles. The quantitative estimate of drug-likeness (QED) is 0.699. The van der Waals surface area contributed by atoms with E-state index in [0.29, 0.717) is 19.0 Å². The van der Waals surface area contributed by atoms with Crippen LogP contribution in [0.1, 0.15) is 30.5 Å². The van der Waals surface area contributed by atoms with E-state index in [1.54, 1.807) is 0 Å². The molecule has 2 aromatic carbocycles. The lowest BCUT2D eigenvalue weighted by Gasteiger charge is -2.29. The van der Waals surface area contributed by atoms with Crippen molar-refractivity contribution in [1.29, 1.82) is 0 Å². The molecule has 6 heteroatoms. The summed E-state index contributed by atoms with van der Waals surface area (Å²) in [6.07, 6.45) is 2.97. The van der Waals surface area contributed by atoms with Gasteiger partial charge in [0.2, 0.25) is 0 Å². The Labute approximate surface area is 165 Å². The van der Waals surface area contributed by atoms with Crippen molar-refractivity contribution in [2.24, 2.45) is 5.92 Å². The third-order valence-corrected chi connectivity index (χ3v) is 5.48. The molecule has 0 atom stereocenters. The van der Waals surface area contributed by atoms with Gasteiger partial charge in [-0.25, -0.2) is 4.79 Å². The Bertz CT molecular complexity index is 943. The van der Waals surface area contributed by atoms with Gasteiger partial charge in [-0.2, -0.15) is 0 Å². The molecule has 1 saturated heterocycles. The number of aromatic nitrogens is 1. The molecule has 150 valence electrons. The number of likely N-dealkylation sites (tertiary alicyclic amines) is 1. The van der Waals surface area contributed by atoms with Crippen molar-refractivity contribution in [3.05, 3.63) is 41.6 Å². The first kappa shape index (κ1) is 20.1. The second kappa shape index (κ2) is 9.06. The number of nitrogens with zero attached hydrogens (tertiary/aromatic N) is 2. The second-order valence-electron chi connectivity index (χ2n) is 7.48. The van der Waals surface area contributed by atoms with Crippen LogP contribution in [0.5, 0.6) is 0 Å². The molecule has 0 radical (unpaired) electrons. The number of fused-ring (bicyclic) bond motifs is 2. The van der Waals surface area contributed by atoms with Gasteiger partial charge >= 0.3 is 6.09 Å². The molecule has 28 heavy (non-hydrogen) atoms. The van der Waals surface area contributed by atoms with Crippen LogP contribution in [-0.4, -0.2) is 48.4 Å². The summed E-state index contributed by atoms with van der Waals surface area (Å²) < 4.78 is 5.64. The zero-order valence-corrected chi connectivity index (χ0v) is 16.9. The van der Waals surface area contributed by atoms with Crippen molar-refractivity contribution in [3.63, 3.8) is 0 Å². The Kier molecular flexibility index (Phi) is 6.52. The summed E-state index contributed by atoms with van der Waals surface area (Å²) in [5, 5.41) is 19.6. The molecule has 2 heterocycles. The minimum Gasteiger partial charge on any atom is -0.465 e. The topological polar surface area (TPSA) is 78.6 Å². The van der Waals surface area contributed by atoms with Crippen LogP contribution in [-0.2, 0) is 6.42 Å². The van der Waals surface area contributed by atoms with Gasteiger partial charge in [0.1, 0.15) is 0 Å². The summed E-state index contributed by atoms with van der Waals surface area (Å²) in [7, 11) is 3.75. The fraction of sp³-hybridized carbons (Fsp3) is 0.455. The van der Waals surface area contributed by atoms with E-state index < -0.39 is 6.09 Å². The highest BCUT2D eigenvalue weighted by Crippen LogP contribution is 2.31. The highest BCUT2D eigenvalue weighted by atomic mass is 16.5. The van der Waals surface area contributed by atoms with E-state index in [-0.39, 0.29) is 0 Å². The van der Waals surface area contributed by atoms with Gasteiger partial charge in [-0.15, -0.1) is 0 Å². The van der Waals surface area contributed by atoms with Crippen LogP contribution < -0.4 is 5.32 Å². The van der Waals surface area contributed by atoms with Crippen molar-refractivity contribution in [2.75, 3.05) is 27.2 Å². The standard InChI is InChI=1S/C20H22N2O3.C2H7N/c1-13-16-5-3-2-4-15(16)12-17-18(21-25-19(13)17)7-6-14-8-10-22(11-9-14)20(23)24;1-3-2/h2-5,12,14H,6-11H2,1H3,(H,23,24);3H,1-2H3. The Morgan fingerprint density at radius 1 is 1.25 bits per heavy atom. The summed E-state index contributed by atoms with van der Waals surface area (Å²) >= 11 is 0. The summed E-state index contributed by atoms with van der Waals surface area (Å²) in [6, 6.07) is 10.5. The number of rotatable bonds is 3. The fourth-order valence-electron chi connectivity index (χ4n) is 3.93. The number of carbonyl (C=O) groups is 1. The van der Waals surface area contributed by atoms with E-state index >= 15 is 0 Å². The molecule has 1 aromatic heterocycles. The molecular weight excluding hydrogens is 354 g/mol. The number of carboxylic acid groups (broad SMARTS) is 1. The summed E-state index contributed by atoms with van der Waals surface area (Å²) in [6.45, 7) is 3.37. The van der Waals surface area contributed by atoms with Crippen molar-refractivity contribution in [2.45, 2.75) is 32.6 Å². The van der Waals surface area contributed by atoms with Crippen LogP contribution >= 0.6 is 0 Å². The van der Waals surface area contributed by atoms with Crippen molar-refractivity contribution < 1.29 is 14.4 Å². The Morgan fingerprint density at radius 3 is 2.61 bits per heavy atom. The normalized spacial score (nSPS) is 14.9. The minimum atomic E-state index is -0.803. The van der Waals surface area contributed by atoms with Gasteiger partial charge in [0, 0.05) is 24.0 Å². The maximum Gasteiger partial charge on any atom is 0.407 e. The largest absolute Gasteiger partial charge is 0.465 e. The van der Waals surface area contributed by atoms with Gasteiger partial charge in [-0.3, -0.25) is 0 Å². The van der Waals surface area contributed by atoms with Crippen LogP contribution in [0, 0.1) is 12.8 Å². The highest BCUT2D eigenvalue weighted by molar-refractivity contribution is 6.00. The van der Waals surface area contributed by atoms with Crippen LogP contribution in [0.25, 0.3) is 21.7 Å². The molecule has 0 unspecified atom stereocenters. The van der Waals surface area contributed by atoms with Gasteiger partial charge in [0.25, 0.3) is 0 Å². The van der Waals surface area contributed by atoms with Gasteiger partial charge in [0.05, 0.1) is 5.69 Å². The molecule has 0 bridgehead atoms. The van der Waals surface area contributed by atoms with E-state index in [2.05, 4.69) is 41.7 Å². The number of hydrogen-bond donors (Lipinski definition) is 2. The molecule has 2 N–H and O–H groups in total. The van der Waals surface area contributed by atoms with Gasteiger partial charge in [-0.05, 0) is 69.5 Å². The molecule has 1 aliphatic rings. The zero-order chi connectivity index (χ0) is 20.1. The minimum absolute atomic E-state index is 0.559. The van der Waals surface area contributed by atoms with E-state index in [4.69, 9.17) is 9.63 Å². The number of amides is 1. The van der Waals surface area contributed by atoms with Crippen LogP contribution in [0.2, 0.25) is 0 Å². The van der Waals surface area contributed by atoms with Crippen molar-refractivity contribution in [1.82, 2.24) is 15.4 Å². The third kappa shape index (κ3) is 4.28. The Balaban J connectivity index is 0.000000706. The number of nitrogens with one attached hydrogen (secondary N) is 1. The smallest absolute Gasteiger partial charge is 0.407 e. The lowest BCUT2D eigenvalue weighted by atomic mass is 9.91. The molecule has 0 spiro atoms. The molecule has 0 aliphatic carbocycles. The summed E-state index contributed by atoms with van der Waals surface area (Å²) in [5.74, 6) is 0.559. The van der Waals surface area contributed by atoms with E-state index in [0.717, 1.165) is 47.9 Å². The van der Waals surface area contributed by atoms with Gasteiger partial charge in [0.15, 0.2) is 5.58 Å². The maximum absolute atomic E-state index is 11.0. The monoisotopic (exact) mass is 383 g/mol. The fourth-order valence-corrected chi connectivity index (χ4v) is 3.93. The lowest BCUT2D eigenvalue weighted by Crippen LogP contribution is -2.37. The summed E-state index contributed by atoms with van der Waals surface area (Å²) in [4.78, 5) is 12.5. The van der Waals surface area contributed by atoms with Crippen molar-refractivity contribution >= 4 is 27.8 Å². The zero-order valence-electron chi connectivity index (χ0n) is 16.9. The van der Waals surface area contributed by atoms with E-state index in [1.165, 1.54) is 15.7 Å². The summed E-state index contributed by atoms with van der Waals surface area (Å²) in [5.41, 5.74) is 3.04. The number of benzene rings is 2. The number of hydrogen-bond acceptors (Lipinski definition) is 4. The first-order chi connectivity index (χ1) is 13.5. The van der Waals surface area contributed by atoms with Crippen LogP contribution in [0.15, 0.2) is 34.9 Å². The van der Waals surface area contributed by atoms with Gasteiger partial charge < -0.3 is 19.8 Å². The van der Waals surface area contributed by atoms with Gasteiger partial charge in [-0.1, -0.05) is 29.4 Å². The average molecular weight is 383 g/mol. The molecule has 6 nitrogen and oxygen atoms in total. The SMILES string of the molecule is CNC.Cc1c2ccccc2cc2c(CCC3CCN(C(=O)O)CC3)noc12. The Hall–Kier alpha value is -2.60. The maximum atomic E-state index is 11.0. The first-order valence-electron chi connectivity index (χ1n) is 9.88. The molecule has 1 amide bonds. The number of piperidine rings is 1. The van der Waals surface area contributed by atoms with E-state index in [1.807, 2.05) is 20.2 Å². The molecule has 3 aromatic rings. The second-order valence-corrected chi connectivity index (χ2v) is 7.48. The molecule has 4 rings (SSSR count). The van der Waals surface area contributed by atoms with Crippen LogP contribution in [0.4, 0.5) is 4.79 Å². The predicted molar refractivity (Wildman–Crippen MR) is 112 cm³/mol. The van der Waals surface area contributed by atoms with Crippen molar-refractivity contribution in [3.8, 4) is 0 Å². The average Bonchev–Trinajstić information content (AvgIpc) is 3.11. The van der Waals surface area contributed by atoms with Crippen LogP contribution in [0.3, 0.4) is 0 Å². The highest BCUT2D eigenvalue weighted by Gasteiger charge is 2.23. The molecular formula is C22H29N3O3. The molecule has 0 saturated carbocycles. The Morgan fingerprint density at radius 2 is 1.93 bits per heavy atom. The molecule has 1 fully saturated rings. The third-order valence-electron chi connectivity index (χ3n) is 5.48. The first-order valence-corrected chi connectivity index (χ1v) is 9.88. The lowest BCUT2D eigenvalue weighted by molar-refractivity contribution is 0.123. The number of aryl methyl sites for hydroxylation is 2. The predicted octanol–water partition coefficient (Wildman–Crippen LogP) is 4.45. The van der Waals surface area contributed by atoms with E-state index in [9.17, 15) is 4.79 Å².